The van der Waals surface area contributed by atoms with Gasteiger partial charge in [-0.05, 0) is 6.07 Å². The molecule has 7 heteroatoms. The number of nitrogens with one attached hydrogen (secondary N) is 1. The van der Waals surface area contributed by atoms with Crippen molar-refractivity contribution < 1.29 is 9.47 Å². The van der Waals surface area contributed by atoms with Gasteiger partial charge in [-0.15, -0.1) is 0 Å². The molecule has 0 saturated carbocycles. The lowest BCUT2D eigenvalue weighted by Gasteiger charge is -2.08. The molecule has 0 atom stereocenters. The van der Waals surface area contributed by atoms with Crippen LogP contribution in [0.25, 0.3) is 10.9 Å². The minimum atomic E-state index is -0.685. The molecule has 17 heavy (non-hydrogen) atoms. The molecule has 0 aliphatic carbocycles. The number of rotatable bonds is 2. The maximum Gasteiger partial charge on any atom is 0.347 e. The van der Waals surface area contributed by atoms with Crippen LogP contribution >= 0.6 is 0 Å². The summed E-state index contributed by atoms with van der Waals surface area (Å²) in [6.45, 7) is 0. The molecule has 7 nitrogen and oxygen atoms in total. The lowest BCUT2D eigenvalue weighted by atomic mass is 10.2. The molecular weight excluding hydrogens is 226 g/mol. The van der Waals surface area contributed by atoms with Crippen LogP contribution in [0.15, 0.2) is 21.7 Å². The number of ether oxygens (including phenoxy) is 2. The Balaban J connectivity index is 2.93. The van der Waals surface area contributed by atoms with Crippen LogP contribution in [0.4, 0.5) is 0 Å². The van der Waals surface area contributed by atoms with Gasteiger partial charge in [0.25, 0.3) is 5.56 Å². The maximum absolute atomic E-state index is 11.7. The van der Waals surface area contributed by atoms with Gasteiger partial charge >= 0.3 is 5.69 Å². The number of methoxy groups -OCH3 is 2. The van der Waals surface area contributed by atoms with E-state index in [-0.39, 0.29) is 5.39 Å². The zero-order valence-electron chi connectivity index (χ0n) is 9.31. The number of hydrogen-bond acceptors (Lipinski definition) is 5. The van der Waals surface area contributed by atoms with Crippen LogP contribution < -0.4 is 26.6 Å². The van der Waals surface area contributed by atoms with Gasteiger partial charge in [0.1, 0.15) is 0 Å². The number of nitrogen functional groups attached to an aromatic ring is 1. The van der Waals surface area contributed by atoms with Crippen LogP contribution in [0.1, 0.15) is 0 Å². The molecule has 0 aliphatic rings. The molecule has 2 aromatic rings. The largest absolute Gasteiger partial charge is 0.493 e. The molecule has 0 spiro atoms. The molecule has 2 rings (SSSR count). The minimum absolute atomic E-state index is 0.254. The topological polar surface area (TPSA) is 99.3 Å². The average molecular weight is 237 g/mol. The first-order chi connectivity index (χ1) is 8.08. The number of benzene rings is 1. The molecule has 0 aliphatic heterocycles. The van der Waals surface area contributed by atoms with Crippen LogP contribution in [-0.4, -0.2) is 23.9 Å². The van der Waals surface area contributed by atoms with E-state index >= 15 is 0 Å². The standard InChI is InChI=1S/C10H11N3O4/c1-16-7-3-5-6(4-8(7)17-2)12-10(15)13(11)9(5)14/h3-4H,11H2,1-2H3,(H,12,15). The van der Waals surface area contributed by atoms with Crippen molar-refractivity contribution >= 4 is 10.9 Å². The second-order valence-corrected chi connectivity index (χ2v) is 3.36. The molecule has 0 amide bonds. The highest BCUT2D eigenvalue weighted by atomic mass is 16.5. The molecule has 0 saturated heterocycles. The molecule has 3 N–H and O–H groups in total. The van der Waals surface area contributed by atoms with Crippen LogP contribution in [0.2, 0.25) is 0 Å². The quantitative estimate of drug-likeness (QED) is 0.681. The number of fused-ring (bicyclic) bond motifs is 1. The summed E-state index contributed by atoms with van der Waals surface area (Å²) in [4.78, 5) is 25.5. The summed E-state index contributed by atoms with van der Waals surface area (Å²) in [7, 11) is 2.92. The maximum atomic E-state index is 11.7. The molecule has 90 valence electrons. The van der Waals surface area contributed by atoms with E-state index in [2.05, 4.69) is 4.98 Å². The monoisotopic (exact) mass is 237 g/mol. The molecule has 1 aromatic heterocycles. The van der Waals surface area contributed by atoms with Crippen LogP contribution in [0, 0.1) is 0 Å². The van der Waals surface area contributed by atoms with Gasteiger partial charge in [0, 0.05) is 6.07 Å². The third-order valence-corrected chi connectivity index (χ3v) is 2.43. The van der Waals surface area contributed by atoms with Gasteiger partial charge < -0.3 is 20.3 Å². The zero-order valence-corrected chi connectivity index (χ0v) is 9.31. The van der Waals surface area contributed by atoms with E-state index in [1.54, 1.807) is 0 Å². The highest BCUT2D eigenvalue weighted by Crippen LogP contribution is 2.29. The van der Waals surface area contributed by atoms with Gasteiger partial charge in [-0.2, -0.15) is 4.68 Å². The highest BCUT2D eigenvalue weighted by molar-refractivity contribution is 5.81. The Bertz CT molecular complexity index is 686. The zero-order chi connectivity index (χ0) is 12.6. The Hall–Kier alpha value is -2.44. The van der Waals surface area contributed by atoms with E-state index in [1.165, 1.54) is 26.4 Å². The fourth-order valence-corrected chi connectivity index (χ4v) is 1.56. The highest BCUT2D eigenvalue weighted by Gasteiger charge is 2.11. The van der Waals surface area contributed by atoms with Gasteiger partial charge in [-0.25, -0.2) is 4.79 Å². The van der Waals surface area contributed by atoms with Crippen molar-refractivity contribution in [2.75, 3.05) is 20.1 Å². The summed E-state index contributed by atoms with van der Waals surface area (Å²) >= 11 is 0. The molecule has 0 bridgehead atoms. The third kappa shape index (κ3) is 1.61. The number of H-pyrrole nitrogens is 1. The van der Waals surface area contributed by atoms with E-state index in [0.717, 1.165) is 0 Å². The molecular formula is C10H11N3O4. The Morgan fingerprint density at radius 1 is 1.18 bits per heavy atom. The van der Waals surface area contributed by atoms with Gasteiger partial charge in [0.15, 0.2) is 11.5 Å². The lowest BCUT2D eigenvalue weighted by molar-refractivity contribution is 0.355. The SMILES string of the molecule is COc1cc2[nH]c(=O)n(N)c(=O)c2cc1OC. The smallest absolute Gasteiger partial charge is 0.347 e. The Morgan fingerprint density at radius 2 is 1.76 bits per heavy atom. The first-order valence-electron chi connectivity index (χ1n) is 4.74. The van der Waals surface area contributed by atoms with E-state index in [4.69, 9.17) is 15.3 Å². The molecule has 0 fully saturated rings. The van der Waals surface area contributed by atoms with Crippen LogP contribution in [0.3, 0.4) is 0 Å². The summed E-state index contributed by atoms with van der Waals surface area (Å²) in [5.41, 5.74) is -0.932. The molecule has 1 aromatic carbocycles. The minimum Gasteiger partial charge on any atom is -0.493 e. The van der Waals surface area contributed by atoms with Crippen molar-refractivity contribution in [2.45, 2.75) is 0 Å². The second kappa shape index (κ2) is 3.85. The number of aromatic amines is 1. The predicted molar refractivity (Wildman–Crippen MR) is 62.1 cm³/mol. The number of hydrogen-bond donors (Lipinski definition) is 2. The number of aromatic nitrogens is 2. The Labute approximate surface area is 95.4 Å². The van der Waals surface area contributed by atoms with Crippen molar-refractivity contribution in [1.29, 1.82) is 0 Å². The molecule has 1 heterocycles. The Kier molecular flexibility index (Phi) is 2.51. The molecule has 0 radical (unpaired) electrons. The van der Waals surface area contributed by atoms with Gasteiger partial charge in [-0.1, -0.05) is 0 Å². The summed E-state index contributed by atoms with van der Waals surface area (Å²) in [5, 5.41) is 0.254. The average Bonchev–Trinajstić information content (AvgIpc) is 2.34. The first-order valence-corrected chi connectivity index (χ1v) is 4.74. The van der Waals surface area contributed by atoms with Crippen molar-refractivity contribution in [2.24, 2.45) is 0 Å². The summed E-state index contributed by atoms with van der Waals surface area (Å²) in [6.07, 6.45) is 0. The molecule has 0 unspecified atom stereocenters. The van der Waals surface area contributed by atoms with Crippen molar-refractivity contribution in [1.82, 2.24) is 9.66 Å². The fraction of sp³-hybridized carbons (Fsp3) is 0.200. The van der Waals surface area contributed by atoms with Crippen molar-refractivity contribution in [3.05, 3.63) is 33.0 Å². The van der Waals surface area contributed by atoms with E-state index in [9.17, 15) is 9.59 Å². The normalized spacial score (nSPS) is 10.5. The van der Waals surface area contributed by atoms with Crippen LogP contribution in [0.5, 0.6) is 11.5 Å². The third-order valence-electron chi connectivity index (χ3n) is 2.43. The fourth-order valence-electron chi connectivity index (χ4n) is 1.56. The first kappa shape index (κ1) is 11.1. The van der Waals surface area contributed by atoms with Gasteiger partial charge in [0.2, 0.25) is 0 Å². The van der Waals surface area contributed by atoms with Crippen molar-refractivity contribution in [3.8, 4) is 11.5 Å². The van der Waals surface area contributed by atoms with E-state index < -0.39 is 11.2 Å². The Morgan fingerprint density at radius 3 is 2.35 bits per heavy atom. The van der Waals surface area contributed by atoms with Crippen LogP contribution in [-0.2, 0) is 0 Å². The van der Waals surface area contributed by atoms with Gasteiger partial charge in [0.05, 0.1) is 25.1 Å². The summed E-state index contributed by atoms with van der Waals surface area (Å²) < 4.78 is 10.6. The summed E-state index contributed by atoms with van der Waals surface area (Å²) in [6, 6.07) is 2.98. The predicted octanol–water partition coefficient (Wildman–Crippen LogP) is -0.579. The number of nitrogens with two attached hydrogens (primary N) is 1. The second-order valence-electron chi connectivity index (χ2n) is 3.36. The van der Waals surface area contributed by atoms with Crippen molar-refractivity contribution in [3.63, 3.8) is 0 Å². The summed E-state index contributed by atoms with van der Waals surface area (Å²) in [5.74, 6) is 6.11. The van der Waals surface area contributed by atoms with E-state index in [0.29, 0.717) is 21.7 Å². The van der Waals surface area contributed by atoms with Gasteiger partial charge in [-0.3, -0.25) is 4.79 Å². The van der Waals surface area contributed by atoms with E-state index in [1.807, 2.05) is 0 Å². The number of nitrogens with zero attached hydrogens (tertiary/aromatic N) is 1. The lowest BCUT2D eigenvalue weighted by Crippen LogP contribution is -2.40.